The first kappa shape index (κ1) is 11.7. The molecule has 1 aliphatic heterocycles. The first-order valence-corrected chi connectivity index (χ1v) is 6.42. The number of hydrogen-bond donors (Lipinski definition) is 1. The zero-order chi connectivity index (χ0) is 11.4. The zero-order valence-corrected chi connectivity index (χ0v) is 10.5. The van der Waals surface area contributed by atoms with Gasteiger partial charge in [-0.1, -0.05) is 30.7 Å². The fraction of sp³-hybridized carbons (Fsp3) is 0.538. The molecular formula is C13H19ClN2. The SMILES string of the molecule is CCNC1CCN(c2ccccc2Cl)CC1. The van der Waals surface area contributed by atoms with Gasteiger partial charge in [0.25, 0.3) is 0 Å². The molecule has 1 aromatic rings. The molecule has 0 aromatic heterocycles. The largest absolute Gasteiger partial charge is 0.370 e. The maximum atomic E-state index is 6.20. The number of halogens is 1. The minimum absolute atomic E-state index is 0.684. The van der Waals surface area contributed by atoms with Gasteiger partial charge in [0.1, 0.15) is 0 Å². The molecule has 0 bridgehead atoms. The van der Waals surface area contributed by atoms with Crippen LogP contribution < -0.4 is 10.2 Å². The standard InChI is InChI=1S/C13H19ClN2/c1-2-15-11-7-9-16(10-8-11)13-6-4-3-5-12(13)14/h3-6,11,15H,2,7-10H2,1H3. The van der Waals surface area contributed by atoms with Gasteiger partial charge in [0.2, 0.25) is 0 Å². The van der Waals surface area contributed by atoms with Crippen LogP contribution in [0.5, 0.6) is 0 Å². The summed E-state index contributed by atoms with van der Waals surface area (Å²) in [4.78, 5) is 2.39. The van der Waals surface area contributed by atoms with Crippen molar-refractivity contribution in [2.24, 2.45) is 0 Å². The van der Waals surface area contributed by atoms with E-state index in [0.29, 0.717) is 6.04 Å². The number of benzene rings is 1. The van der Waals surface area contributed by atoms with Crippen LogP contribution in [0, 0.1) is 0 Å². The second-order valence-corrected chi connectivity index (χ2v) is 4.68. The van der Waals surface area contributed by atoms with Gasteiger partial charge in [0.05, 0.1) is 10.7 Å². The van der Waals surface area contributed by atoms with Gasteiger partial charge in [0, 0.05) is 19.1 Å². The third-order valence-corrected chi connectivity index (χ3v) is 3.50. The van der Waals surface area contributed by atoms with Crippen LogP contribution in [0.2, 0.25) is 5.02 Å². The van der Waals surface area contributed by atoms with E-state index in [4.69, 9.17) is 11.6 Å². The van der Waals surface area contributed by atoms with Gasteiger partial charge >= 0.3 is 0 Å². The van der Waals surface area contributed by atoms with Gasteiger partial charge in [0.15, 0.2) is 0 Å². The Balaban J connectivity index is 1.96. The van der Waals surface area contributed by atoms with Crippen molar-refractivity contribution >= 4 is 17.3 Å². The van der Waals surface area contributed by atoms with Crippen molar-refractivity contribution in [2.45, 2.75) is 25.8 Å². The predicted molar refractivity (Wildman–Crippen MR) is 70.4 cm³/mol. The molecule has 2 rings (SSSR count). The quantitative estimate of drug-likeness (QED) is 0.871. The first-order chi connectivity index (χ1) is 7.81. The Hall–Kier alpha value is -0.730. The maximum Gasteiger partial charge on any atom is 0.0639 e. The van der Waals surface area contributed by atoms with E-state index >= 15 is 0 Å². The predicted octanol–water partition coefficient (Wildman–Crippen LogP) is 2.92. The Kier molecular flexibility index (Phi) is 4.08. The van der Waals surface area contributed by atoms with E-state index in [1.165, 1.54) is 18.5 Å². The molecule has 1 N–H and O–H groups in total. The summed E-state index contributed by atoms with van der Waals surface area (Å²) in [5.41, 5.74) is 1.18. The van der Waals surface area contributed by atoms with Crippen LogP contribution in [0.3, 0.4) is 0 Å². The molecule has 0 amide bonds. The van der Waals surface area contributed by atoms with Crippen molar-refractivity contribution in [1.82, 2.24) is 5.32 Å². The normalized spacial score (nSPS) is 17.8. The van der Waals surface area contributed by atoms with E-state index in [1.807, 2.05) is 12.1 Å². The summed E-state index contributed by atoms with van der Waals surface area (Å²) in [5, 5.41) is 4.38. The number of anilines is 1. The molecule has 1 aromatic carbocycles. The second kappa shape index (κ2) is 5.55. The number of rotatable bonds is 3. The minimum Gasteiger partial charge on any atom is -0.370 e. The Labute approximate surface area is 103 Å². The molecule has 0 saturated carbocycles. The smallest absolute Gasteiger partial charge is 0.0639 e. The Morgan fingerprint density at radius 1 is 1.31 bits per heavy atom. The van der Waals surface area contributed by atoms with Crippen LogP contribution >= 0.6 is 11.6 Å². The third-order valence-electron chi connectivity index (χ3n) is 3.18. The molecule has 0 spiro atoms. The van der Waals surface area contributed by atoms with Crippen molar-refractivity contribution in [2.75, 3.05) is 24.5 Å². The molecule has 0 unspecified atom stereocenters. The highest BCUT2D eigenvalue weighted by Gasteiger charge is 2.19. The van der Waals surface area contributed by atoms with Gasteiger partial charge < -0.3 is 10.2 Å². The molecule has 1 fully saturated rings. The summed E-state index contributed by atoms with van der Waals surface area (Å²) >= 11 is 6.20. The lowest BCUT2D eigenvalue weighted by atomic mass is 10.0. The summed E-state index contributed by atoms with van der Waals surface area (Å²) in [6, 6.07) is 8.79. The topological polar surface area (TPSA) is 15.3 Å². The van der Waals surface area contributed by atoms with Crippen LogP contribution in [0.1, 0.15) is 19.8 Å². The number of hydrogen-bond acceptors (Lipinski definition) is 2. The molecule has 0 aliphatic carbocycles. The van der Waals surface area contributed by atoms with Crippen molar-refractivity contribution < 1.29 is 0 Å². The van der Waals surface area contributed by atoms with E-state index < -0.39 is 0 Å². The fourth-order valence-corrected chi connectivity index (χ4v) is 2.58. The Bertz CT molecular complexity index is 332. The highest BCUT2D eigenvalue weighted by Crippen LogP contribution is 2.27. The molecule has 1 heterocycles. The van der Waals surface area contributed by atoms with E-state index in [0.717, 1.165) is 24.7 Å². The maximum absolute atomic E-state index is 6.20. The van der Waals surface area contributed by atoms with Gasteiger partial charge in [-0.2, -0.15) is 0 Å². The van der Waals surface area contributed by atoms with Gasteiger partial charge in [-0.3, -0.25) is 0 Å². The van der Waals surface area contributed by atoms with Crippen LogP contribution in [-0.4, -0.2) is 25.7 Å². The van der Waals surface area contributed by atoms with E-state index in [-0.39, 0.29) is 0 Å². The summed E-state index contributed by atoms with van der Waals surface area (Å²) < 4.78 is 0. The Morgan fingerprint density at radius 3 is 2.62 bits per heavy atom. The second-order valence-electron chi connectivity index (χ2n) is 4.27. The molecule has 2 nitrogen and oxygen atoms in total. The Morgan fingerprint density at radius 2 is 2.00 bits per heavy atom. The molecule has 0 radical (unpaired) electrons. The minimum atomic E-state index is 0.684. The van der Waals surface area contributed by atoms with E-state index in [2.05, 4.69) is 29.3 Å². The van der Waals surface area contributed by atoms with Gasteiger partial charge in [-0.15, -0.1) is 0 Å². The van der Waals surface area contributed by atoms with Crippen molar-refractivity contribution in [3.05, 3.63) is 29.3 Å². The first-order valence-electron chi connectivity index (χ1n) is 6.04. The highest BCUT2D eigenvalue weighted by molar-refractivity contribution is 6.33. The molecule has 88 valence electrons. The monoisotopic (exact) mass is 238 g/mol. The van der Waals surface area contributed by atoms with Crippen LogP contribution in [0.4, 0.5) is 5.69 Å². The number of piperidine rings is 1. The molecule has 0 atom stereocenters. The lowest BCUT2D eigenvalue weighted by Gasteiger charge is -2.34. The zero-order valence-electron chi connectivity index (χ0n) is 9.75. The lowest BCUT2D eigenvalue weighted by molar-refractivity contribution is 0.424. The van der Waals surface area contributed by atoms with Crippen LogP contribution in [-0.2, 0) is 0 Å². The van der Waals surface area contributed by atoms with Gasteiger partial charge in [-0.05, 0) is 31.5 Å². The summed E-state index contributed by atoms with van der Waals surface area (Å²) in [6.45, 7) is 5.43. The lowest BCUT2D eigenvalue weighted by Crippen LogP contribution is -2.42. The highest BCUT2D eigenvalue weighted by atomic mass is 35.5. The van der Waals surface area contributed by atoms with Crippen molar-refractivity contribution in [3.63, 3.8) is 0 Å². The molecule has 1 saturated heterocycles. The third kappa shape index (κ3) is 2.69. The molecular weight excluding hydrogens is 220 g/mol. The summed E-state index contributed by atoms with van der Waals surface area (Å²) in [7, 11) is 0. The molecule has 1 aliphatic rings. The van der Waals surface area contributed by atoms with Gasteiger partial charge in [-0.25, -0.2) is 0 Å². The molecule has 3 heteroatoms. The number of nitrogens with one attached hydrogen (secondary N) is 1. The average Bonchev–Trinajstić information content (AvgIpc) is 2.31. The summed E-state index contributed by atoms with van der Waals surface area (Å²) in [5.74, 6) is 0. The molecule has 16 heavy (non-hydrogen) atoms. The number of para-hydroxylation sites is 1. The van der Waals surface area contributed by atoms with Crippen molar-refractivity contribution in [3.8, 4) is 0 Å². The van der Waals surface area contributed by atoms with Crippen LogP contribution in [0.25, 0.3) is 0 Å². The van der Waals surface area contributed by atoms with E-state index in [9.17, 15) is 0 Å². The average molecular weight is 239 g/mol. The number of nitrogens with zero attached hydrogens (tertiary/aromatic N) is 1. The van der Waals surface area contributed by atoms with Crippen molar-refractivity contribution in [1.29, 1.82) is 0 Å². The van der Waals surface area contributed by atoms with E-state index in [1.54, 1.807) is 0 Å². The van der Waals surface area contributed by atoms with Crippen LogP contribution in [0.15, 0.2) is 24.3 Å². The fourth-order valence-electron chi connectivity index (χ4n) is 2.32. The summed E-state index contributed by atoms with van der Waals surface area (Å²) in [6.07, 6.45) is 2.41.